The standard InChI is InChI=1S/C6H9NO2/c1-4-3-9-7-6(8)5(4)2/h3,5H,1-2H3,(H,7,8). The van der Waals surface area contributed by atoms with Crippen molar-refractivity contribution in [3.05, 3.63) is 11.8 Å². The van der Waals surface area contributed by atoms with E-state index in [4.69, 9.17) is 0 Å². The van der Waals surface area contributed by atoms with Crippen LogP contribution in [0, 0.1) is 5.92 Å². The summed E-state index contributed by atoms with van der Waals surface area (Å²) in [5, 5.41) is 0. The third-order valence-corrected chi connectivity index (χ3v) is 1.48. The van der Waals surface area contributed by atoms with Gasteiger partial charge in [0.15, 0.2) is 0 Å². The van der Waals surface area contributed by atoms with Crippen LogP contribution in [0.5, 0.6) is 0 Å². The molecule has 3 nitrogen and oxygen atoms in total. The number of amides is 1. The summed E-state index contributed by atoms with van der Waals surface area (Å²) in [6.07, 6.45) is 1.55. The Bertz CT molecular complexity index is 162. The van der Waals surface area contributed by atoms with Crippen molar-refractivity contribution < 1.29 is 9.63 Å². The minimum absolute atomic E-state index is 0.0428. The molecule has 0 aromatic rings. The monoisotopic (exact) mass is 127 g/mol. The molecule has 1 heterocycles. The molecule has 1 aliphatic rings. The van der Waals surface area contributed by atoms with Gasteiger partial charge in [-0.25, -0.2) is 0 Å². The molecule has 3 heteroatoms. The summed E-state index contributed by atoms with van der Waals surface area (Å²) in [6, 6.07) is 0. The first-order valence-electron chi connectivity index (χ1n) is 2.84. The molecule has 0 bridgehead atoms. The van der Waals surface area contributed by atoms with Gasteiger partial charge in [0.2, 0.25) is 0 Å². The second-order valence-electron chi connectivity index (χ2n) is 2.17. The van der Waals surface area contributed by atoms with Crippen molar-refractivity contribution in [2.45, 2.75) is 13.8 Å². The number of nitrogens with one attached hydrogen (secondary N) is 1. The van der Waals surface area contributed by atoms with Gasteiger partial charge in [0.1, 0.15) is 6.26 Å². The van der Waals surface area contributed by atoms with Crippen LogP contribution in [0.4, 0.5) is 0 Å². The molecule has 0 fully saturated rings. The lowest BCUT2D eigenvalue weighted by atomic mass is 10.0. The number of hydrogen-bond donors (Lipinski definition) is 1. The van der Waals surface area contributed by atoms with Gasteiger partial charge in [-0.1, -0.05) is 0 Å². The van der Waals surface area contributed by atoms with Gasteiger partial charge in [0.05, 0.1) is 5.92 Å². The Hall–Kier alpha value is -0.990. The fraction of sp³-hybridized carbons (Fsp3) is 0.500. The summed E-state index contributed by atoms with van der Waals surface area (Å²) < 4.78 is 0. The highest BCUT2D eigenvalue weighted by Crippen LogP contribution is 2.12. The van der Waals surface area contributed by atoms with Crippen molar-refractivity contribution in [1.82, 2.24) is 5.48 Å². The lowest BCUT2D eigenvalue weighted by Gasteiger charge is -2.16. The van der Waals surface area contributed by atoms with Gasteiger partial charge >= 0.3 is 0 Å². The van der Waals surface area contributed by atoms with Crippen molar-refractivity contribution in [2.75, 3.05) is 0 Å². The number of carbonyl (C=O) groups excluding carboxylic acids is 1. The predicted molar refractivity (Wildman–Crippen MR) is 32.1 cm³/mol. The summed E-state index contributed by atoms with van der Waals surface area (Å²) in [4.78, 5) is 15.3. The molecule has 0 spiro atoms. The van der Waals surface area contributed by atoms with Crippen LogP contribution in [-0.4, -0.2) is 5.91 Å². The molecule has 0 aliphatic carbocycles. The first kappa shape index (κ1) is 6.13. The molecule has 0 saturated carbocycles. The second-order valence-corrected chi connectivity index (χ2v) is 2.17. The highest BCUT2D eigenvalue weighted by Gasteiger charge is 2.18. The molecule has 0 saturated heterocycles. The Balaban J connectivity index is 2.74. The number of carbonyl (C=O) groups is 1. The Morgan fingerprint density at radius 3 is 2.89 bits per heavy atom. The lowest BCUT2D eigenvalue weighted by Crippen LogP contribution is -2.32. The highest BCUT2D eigenvalue weighted by atomic mass is 16.6. The first-order valence-corrected chi connectivity index (χ1v) is 2.84. The molecular weight excluding hydrogens is 118 g/mol. The van der Waals surface area contributed by atoms with E-state index in [1.165, 1.54) is 0 Å². The summed E-state index contributed by atoms with van der Waals surface area (Å²) in [6.45, 7) is 3.70. The maximum atomic E-state index is 10.7. The topological polar surface area (TPSA) is 38.3 Å². The van der Waals surface area contributed by atoms with E-state index >= 15 is 0 Å². The zero-order valence-corrected chi connectivity index (χ0v) is 5.47. The number of rotatable bonds is 0. The van der Waals surface area contributed by atoms with E-state index in [0.717, 1.165) is 5.57 Å². The van der Waals surface area contributed by atoms with Crippen LogP contribution in [0.3, 0.4) is 0 Å². The van der Waals surface area contributed by atoms with Gasteiger partial charge in [-0.05, 0) is 19.4 Å². The molecule has 1 atom stereocenters. The number of hydroxylamine groups is 1. The zero-order valence-electron chi connectivity index (χ0n) is 5.47. The average molecular weight is 127 g/mol. The fourth-order valence-corrected chi connectivity index (χ4v) is 0.578. The summed E-state index contributed by atoms with van der Waals surface area (Å²) in [5.41, 5.74) is 3.20. The Labute approximate surface area is 53.6 Å². The van der Waals surface area contributed by atoms with E-state index < -0.39 is 0 Å². The van der Waals surface area contributed by atoms with Crippen molar-refractivity contribution >= 4 is 5.91 Å². The summed E-state index contributed by atoms with van der Waals surface area (Å²) in [5.74, 6) is -0.117. The van der Waals surface area contributed by atoms with Gasteiger partial charge < -0.3 is 4.84 Å². The third kappa shape index (κ3) is 1.04. The molecule has 9 heavy (non-hydrogen) atoms. The largest absolute Gasteiger partial charge is 0.387 e. The molecule has 50 valence electrons. The van der Waals surface area contributed by atoms with Gasteiger partial charge in [-0.2, -0.15) is 5.48 Å². The molecule has 0 aromatic heterocycles. The lowest BCUT2D eigenvalue weighted by molar-refractivity contribution is -0.134. The maximum Gasteiger partial charge on any atom is 0.259 e. The molecule has 1 unspecified atom stereocenters. The summed E-state index contributed by atoms with van der Waals surface area (Å²) in [7, 11) is 0. The quantitative estimate of drug-likeness (QED) is 0.517. The van der Waals surface area contributed by atoms with E-state index in [2.05, 4.69) is 10.3 Å². The van der Waals surface area contributed by atoms with Gasteiger partial charge in [0, 0.05) is 0 Å². The SMILES string of the molecule is CC1=CONC(=O)C1C. The molecule has 1 rings (SSSR count). The van der Waals surface area contributed by atoms with Crippen LogP contribution in [0.15, 0.2) is 11.8 Å². The zero-order chi connectivity index (χ0) is 6.85. The van der Waals surface area contributed by atoms with E-state index in [9.17, 15) is 4.79 Å². The maximum absolute atomic E-state index is 10.7. The van der Waals surface area contributed by atoms with Crippen LogP contribution >= 0.6 is 0 Å². The van der Waals surface area contributed by atoms with Gasteiger partial charge in [0.25, 0.3) is 5.91 Å². The molecule has 1 amide bonds. The predicted octanol–water partition coefficient (Wildman–Crippen LogP) is 0.588. The second kappa shape index (κ2) is 2.09. The molecule has 1 N–H and O–H groups in total. The normalized spacial score (nSPS) is 26.2. The molecule has 0 aromatic carbocycles. The van der Waals surface area contributed by atoms with Crippen LogP contribution in [-0.2, 0) is 9.63 Å². The van der Waals surface area contributed by atoms with Crippen molar-refractivity contribution in [3.63, 3.8) is 0 Å². The fourth-order valence-electron chi connectivity index (χ4n) is 0.578. The van der Waals surface area contributed by atoms with Crippen LogP contribution < -0.4 is 5.48 Å². The van der Waals surface area contributed by atoms with Crippen molar-refractivity contribution in [3.8, 4) is 0 Å². The van der Waals surface area contributed by atoms with Gasteiger partial charge in [-0.3, -0.25) is 4.79 Å². The number of hydrogen-bond acceptors (Lipinski definition) is 2. The van der Waals surface area contributed by atoms with Crippen LogP contribution in [0.1, 0.15) is 13.8 Å². The first-order chi connectivity index (χ1) is 4.22. The average Bonchev–Trinajstić information content (AvgIpc) is 1.83. The van der Waals surface area contributed by atoms with Crippen LogP contribution in [0.2, 0.25) is 0 Å². The third-order valence-electron chi connectivity index (χ3n) is 1.48. The van der Waals surface area contributed by atoms with E-state index in [0.29, 0.717) is 0 Å². The van der Waals surface area contributed by atoms with Gasteiger partial charge in [-0.15, -0.1) is 0 Å². The minimum Gasteiger partial charge on any atom is -0.387 e. The van der Waals surface area contributed by atoms with E-state index in [-0.39, 0.29) is 11.8 Å². The Kier molecular flexibility index (Phi) is 1.42. The smallest absolute Gasteiger partial charge is 0.259 e. The Morgan fingerprint density at radius 1 is 1.78 bits per heavy atom. The van der Waals surface area contributed by atoms with Crippen molar-refractivity contribution in [1.29, 1.82) is 0 Å². The van der Waals surface area contributed by atoms with Crippen LogP contribution in [0.25, 0.3) is 0 Å². The van der Waals surface area contributed by atoms with E-state index in [1.54, 1.807) is 6.26 Å². The van der Waals surface area contributed by atoms with Crippen molar-refractivity contribution in [2.24, 2.45) is 5.92 Å². The molecule has 0 radical (unpaired) electrons. The molecule has 1 aliphatic heterocycles. The minimum atomic E-state index is -0.0741. The van der Waals surface area contributed by atoms with E-state index in [1.807, 2.05) is 13.8 Å². The Morgan fingerprint density at radius 2 is 2.44 bits per heavy atom. The summed E-state index contributed by atoms with van der Waals surface area (Å²) >= 11 is 0. The highest BCUT2D eigenvalue weighted by molar-refractivity contribution is 5.80. The molecular formula is C6H9NO2.